The Kier molecular flexibility index (Phi) is 2.76. The van der Waals surface area contributed by atoms with Crippen LogP contribution < -0.4 is 0 Å². The minimum Gasteiger partial charge on any atom is -0.389 e. The molecule has 96 valence electrons. The van der Waals surface area contributed by atoms with E-state index < -0.39 is 11.9 Å². The molecule has 2 aromatic carbocycles. The van der Waals surface area contributed by atoms with Gasteiger partial charge in [-0.3, -0.25) is 0 Å². The predicted molar refractivity (Wildman–Crippen MR) is 69.5 cm³/mol. The van der Waals surface area contributed by atoms with Crippen molar-refractivity contribution < 1.29 is 9.50 Å². The average molecular weight is 257 g/mol. The van der Waals surface area contributed by atoms with Crippen LogP contribution in [0, 0.1) is 5.82 Å². The topological polar surface area (TPSA) is 50.9 Å². The van der Waals surface area contributed by atoms with Gasteiger partial charge >= 0.3 is 0 Å². The molecule has 0 bridgehead atoms. The van der Waals surface area contributed by atoms with Crippen LogP contribution in [-0.4, -0.2) is 20.1 Å². The summed E-state index contributed by atoms with van der Waals surface area (Å²) in [7, 11) is 0. The molecule has 0 saturated heterocycles. The molecule has 0 unspecified atom stereocenters. The number of rotatable bonds is 2. The van der Waals surface area contributed by atoms with Crippen LogP contribution in [0.4, 0.5) is 4.39 Å². The van der Waals surface area contributed by atoms with Crippen molar-refractivity contribution in [2.75, 3.05) is 0 Å². The summed E-state index contributed by atoms with van der Waals surface area (Å²) in [5.41, 5.74) is 2.11. The third-order valence-electron chi connectivity index (χ3n) is 3.03. The summed E-state index contributed by atoms with van der Waals surface area (Å²) in [5, 5.41) is 17.8. The van der Waals surface area contributed by atoms with E-state index in [1.165, 1.54) is 10.7 Å². The number of para-hydroxylation sites is 2. The molecule has 0 aliphatic carbocycles. The largest absolute Gasteiger partial charge is 0.389 e. The van der Waals surface area contributed by atoms with Gasteiger partial charge in [0.15, 0.2) is 0 Å². The number of nitrogens with zero attached hydrogens (tertiary/aromatic N) is 3. The van der Waals surface area contributed by atoms with E-state index in [1.807, 2.05) is 24.3 Å². The number of halogens is 1. The zero-order valence-electron chi connectivity index (χ0n) is 10.3. The number of aliphatic hydroxyl groups is 1. The standard InChI is InChI=1S/C14H12FN3O/c1-9(19)10-5-4-6-11(15)14(10)18-13-8-3-2-7-12(13)16-17-18/h2-9,19H,1H3/t9-/m1/s1. The van der Waals surface area contributed by atoms with Gasteiger partial charge in [-0.2, -0.15) is 0 Å². The second-order valence-electron chi connectivity index (χ2n) is 4.34. The van der Waals surface area contributed by atoms with Crippen molar-refractivity contribution >= 4 is 11.0 Å². The van der Waals surface area contributed by atoms with Gasteiger partial charge in [-0.1, -0.05) is 29.5 Å². The molecule has 1 N–H and O–H groups in total. The minimum absolute atomic E-state index is 0.242. The van der Waals surface area contributed by atoms with Crippen molar-refractivity contribution in [3.05, 3.63) is 53.8 Å². The molecule has 1 heterocycles. The van der Waals surface area contributed by atoms with Crippen molar-refractivity contribution in [1.82, 2.24) is 15.0 Å². The van der Waals surface area contributed by atoms with Crippen LogP contribution in [0.5, 0.6) is 0 Å². The Bertz CT molecular complexity index is 736. The summed E-state index contributed by atoms with van der Waals surface area (Å²) in [6, 6.07) is 11.9. The second-order valence-corrected chi connectivity index (χ2v) is 4.34. The molecule has 19 heavy (non-hydrogen) atoms. The number of hydrogen-bond acceptors (Lipinski definition) is 3. The first-order valence-electron chi connectivity index (χ1n) is 5.96. The summed E-state index contributed by atoms with van der Waals surface area (Å²) < 4.78 is 15.5. The third kappa shape index (κ3) is 1.88. The fourth-order valence-electron chi connectivity index (χ4n) is 2.13. The Labute approximate surface area is 109 Å². The summed E-state index contributed by atoms with van der Waals surface area (Å²) in [6.45, 7) is 1.59. The molecule has 3 rings (SSSR count). The monoisotopic (exact) mass is 257 g/mol. The maximum Gasteiger partial charge on any atom is 0.149 e. The highest BCUT2D eigenvalue weighted by Gasteiger charge is 2.17. The zero-order chi connectivity index (χ0) is 13.4. The molecule has 3 aromatic rings. The molecule has 1 aromatic heterocycles. The highest BCUT2D eigenvalue weighted by molar-refractivity contribution is 5.76. The van der Waals surface area contributed by atoms with E-state index in [9.17, 15) is 9.50 Å². The lowest BCUT2D eigenvalue weighted by Crippen LogP contribution is -2.07. The van der Waals surface area contributed by atoms with Crippen LogP contribution in [0.2, 0.25) is 0 Å². The van der Waals surface area contributed by atoms with Gasteiger partial charge in [0, 0.05) is 5.56 Å². The molecule has 4 nitrogen and oxygen atoms in total. The van der Waals surface area contributed by atoms with Crippen LogP contribution in [0.3, 0.4) is 0 Å². The highest BCUT2D eigenvalue weighted by atomic mass is 19.1. The maximum absolute atomic E-state index is 14.1. The van der Waals surface area contributed by atoms with E-state index in [2.05, 4.69) is 10.3 Å². The number of hydrogen-bond donors (Lipinski definition) is 1. The van der Waals surface area contributed by atoms with E-state index in [0.717, 1.165) is 0 Å². The Balaban J connectivity index is 2.33. The Hall–Kier alpha value is -2.27. The fourth-order valence-corrected chi connectivity index (χ4v) is 2.13. The van der Waals surface area contributed by atoms with E-state index in [1.54, 1.807) is 19.1 Å². The second kappa shape index (κ2) is 4.44. The van der Waals surface area contributed by atoms with Crippen molar-refractivity contribution in [1.29, 1.82) is 0 Å². The summed E-state index contributed by atoms with van der Waals surface area (Å²) in [4.78, 5) is 0. The van der Waals surface area contributed by atoms with Gasteiger partial charge < -0.3 is 5.11 Å². The third-order valence-corrected chi connectivity index (χ3v) is 3.03. The van der Waals surface area contributed by atoms with Crippen molar-refractivity contribution in [2.24, 2.45) is 0 Å². The van der Waals surface area contributed by atoms with Crippen molar-refractivity contribution in [3.63, 3.8) is 0 Å². The van der Waals surface area contributed by atoms with Gasteiger partial charge in [0.05, 0.1) is 11.6 Å². The first-order valence-corrected chi connectivity index (χ1v) is 5.96. The zero-order valence-corrected chi connectivity index (χ0v) is 10.3. The molecule has 0 spiro atoms. The summed E-state index contributed by atoms with van der Waals surface area (Å²) in [5.74, 6) is -0.436. The van der Waals surface area contributed by atoms with Crippen LogP contribution in [0.15, 0.2) is 42.5 Å². The fraction of sp³-hybridized carbons (Fsp3) is 0.143. The van der Waals surface area contributed by atoms with E-state index in [0.29, 0.717) is 16.6 Å². The van der Waals surface area contributed by atoms with E-state index in [4.69, 9.17) is 0 Å². The summed E-state index contributed by atoms with van der Waals surface area (Å²) >= 11 is 0. The van der Waals surface area contributed by atoms with Crippen LogP contribution in [-0.2, 0) is 0 Å². The van der Waals surface area contributed by atoms with Gasteiger partial charge in [0.25, 0.3) is 0 Å². The van der Waals surface area contributed by atoms with Crippen LogP contribution >= 0.6 is 0 Å². The number of fused-ring (bicyclic) bond motifs is 1. The molecule has 0 radical (unpaired) electrons. The smallest absolute Gasteiger partial charge is 0.149 e. The van der Waals surface area contributed by atoms with Crippen molar-refractivity contribution in [3.8, 4) is 5.69 Å². The molecule has 0 amide bonds. The normalized spacial score (nSPS) is 12.8. The van der Waals surface area contributed by atoms with Gasteiger partial charge in [-0.25, -0.2) is 9.07 Å². The van der Waals surface area contributed by atoms with Crippen LogP contribution in [0.25, 0.3) is 16.7 Å². The molecule has 0 fully saturated rings. The molecule has 0 aliphatic rings. The summed E-state index contributed by atoms with van der Waals surface area (Å²) in [6.07, 6.45) is -0.784. The van der Waals surface area contributed by atoms with Gasteiger partial charge in [0.1, 0.15) is 17.0 Å². The maximum atomic E-state index is 14.1. The van der Waals surface area contributed by atoms with Gasteiger partial charge in [-0.05, 0) is 25.1 Å². The van der Waals surface area contributed by atoms with Crippen LogP contribution in [0.1, 0.15) is 18.6 Å². The van der Waals surface area contributed by atoms with E-state index in [-0.39, 0.29) is 5.69 Å². The predicted octanol–water partition coefficient (Wildman–Crippen LogP) is 2.61. The van der Waals surface area contributed by atoms with Gasteiger partial charge in [-0.15, -0.1) is 5.10 Å². The molecule has 0 aliphatic heterocycles. The number of aliphatic hydroxyl groups excluding tert-OH is 1. The Morgan fingerprint density at radius 3 is 2.74 bits per heavy atom. The lowest BCUT2D eigenvalue weighted by Gasteiger charge is -2.12. The lowest BCUT2D eigenvalue weighted by atomic mass is 10.1. The molecular weight excluding hydrogens is 245 g/mol. The molecule has 0 saturated carbocycles. The van der Waals surface area contributed by atoms with Crippen molar-refractivity contribution in [2.45, 2.75) is 13.0 Å². The van der Waals surface area contributed by atoms with Gasteiger partial charge in [0.2, 0.25) is 0 Å². The van der Waals surface area contributed by atoms with E-state index >= 15 is 0 Å². The molecule has 5 heteroatoms. The Morgan fingerprint density at radius 1 is 1.16 bits per heavy atom. The quantitative estimate of drug-likeness (QED) is 0.767. The molecular formula is C14H12FN3O. The Morgan fingerprint density at radius 2 is 1.95 bits per heavy atom. The number of aromatic nitrogens is 3. The average Bonchev–Trinajstić information content (AvgIpc) is 2.82. The highest BCUT2D eigenvalue weighted by Crippen LogP contribution is 2.26. The minimum atomic E-state index is -0.784. The molecule has 1 atom stereocenters. The first-order chi connectivity index (χ1) is 9.18. The lowest BCUT2D eigenvalue weighted by molar-refractivity contribution is 0.198. The number of benzene rings is 2. The SMILES string of the molecule is C[C@@H](O)c1cccc(F)c1-n1nnc2ccccc21. The first kappa shape index (κ1) is 11.8.